The Labute approximate surface area is 163 Å². The fraction of sp³-hybridized carbons (Fsp3) is 0.227. The third-order valence-electron chi connectivity index (χ3n) is 4.82. The maximum absolute atomic E-state index is 12.9. The number of carbonyl (C=O) groups excluding carboxylic acids is 1. The SMILES string of the molecule is CCCCNC(=O)c1c(N)n(Cc2ccccc2)c2nc3ccccc3nc12. The molecule has 0 aliphatic rings. The minimum absolute atomic E-state index is 0.202. The Balaban J connectivity index is 1.88. The van der Waals surface area contributed by atoms with Crippen molar-refractivity contribution < 1.29 is 4.79 Å². The molecule has 28 heavy (non-hydrogen) atoms. The van der Waals surface area contributed by atoms with E-state index in [0.29, 0.717) is 35.6 Å². The minimum Gasteiger partial charge on any atom is -0.384 e. The highest BCUT2D eigenvalue weighted by atomic mass is 16.1. The molecular weight excluding hydrogens is 350 g/mol. The van der Waals surface area contributed by atoms with E-state index in [1.165, 1.54) is 0 Å². The quantitative estimate of drug-likeness (QED) is 0.504. The third kappa shape index (κ3) is 3.29. The fourth-order valence-electron chi connectivity index (χ4n) is 3.33. The predicted molar refractivity (Wildman–Crippen MR) is 112 cm³/mol. The summed E-state index contributed by atoms with van der Waals surface area (Å²) in [5.74, 6) is 0.190. The Bertz CT molecular complexity index is 1130. The molecule has 3 N–H and O–H groups in total. The summed E-state index contributed by atoms with van der Waals surface area (Å²) in [4.78, 5) is 22.4. The van der Waals surface area contributed by atoms with E-state index in [1.807, 2.05) is 59.2 Å². The van der Waals surface area contributed by atoms with Crippen molar-refractivity contribution in [3.05, 3.63) is 65.7 Å². The zero-order valence-electron chi connectivity index (χ0n) is 15.9. The van der Waals surface area contributed by atoms with Crippen LogP contribution in [0.2, 0.25) is 0 Å². The zero-order valence-corrected chi connectivity index (χ0v) is 15.9. The third-order valence-corrected chi connectivity index (χ3v) is 4.82. The fourth-order valence-corrected chi connectivity index (χ4v) is 3.33. The first-order valence-electron chi connectivity index (χ1n) is 9.55. The molecule has 0 saturated carbocycles. The van der Waals surface area contributed by atoms with E-state index >= 15 is 0 Å². The van der Waals surface area contributed by atoms with Gasteiger partial charge in [0.05, 0.1) is 17.6 Å². The molecule has 4 aromatic rings. The highest BCUT2D eigenvalue weighted by molar-refractivity contribution is 6.10. The molecule has 2 aromatic heterocycles. The number of anilines is 1. The van der Waals surface area contributed by atoms with Gasteiger partial charge in [0.2, 0.25) is 0 Å². The number of amides is 1. The van der Waals surface area contributed by atoms with Crippen molar-refractivity contribution in [2.75, 3.05) is 12.3 Å². The monoisotopic (exact) mass is 373 g/mol. The molecule has 2 heterocycles. The molecule has 0 radical (unpaired) electrons. The number of hydrogen-bond donors (Lipinski definition) is 2. The van der Waals surface area contributed by atoms with Crippen LogP contribution in [0.4, 0.5) is 5.82 Å². The van der Waals surface area contributed by atoms with Gasteiger partial charge in [0.25, 0.3) is 5.91 Å². The van der Waals surface area contributed by atoms with Crippen molar-refractivity contribution in [3.63, 3.8) is 0 Å². The van der Waals surface area contributed by atoms with Crippen molar-refractivity contribution in [2.45, 2.75) is 26.3 Å². The molecule has 142 valence electrons. The second-order valence-electron chi connectivity index (χ2n) is 6.83. The maximum Gasteiger partial charge on any atom is 0.257 e. The first kappa shape index (κ1) is 18.0. The molecule has 0 spiro atoms. The van der Waals surface area contributed by atoms with E-state index in [9.17, 15) is 4.79 Å². The van der Waals surface area contributed by atoms with Crippen molar-refractivity contribution in [1.29, 1.82) is 0 Å². The largest absolute Gasteiger partial charge is 0.384 e. The minimum atomic E-state index is -0.202. The molecule has 4 rings (SSSR count). The van der Waals surface area contributed by atoms with Crippen LogP contribution in [-0.4, -0.2) is 27.0 Å². The number of nitrogens with two attached hydrogens (primary N) is 1. The number of fused-ring (bicyclic) bond motifs is 2. The second-order valence-corrected chi connectivity index (χ2v) is 6.83. The van der Waals surface area contributed by atoms with E-state index in [4.69, 9.17) is 15.7 Å². The van der Waals surface area contributed by atoms with Gasteiger partial charge in [-0.25, -0.2) is 9.97 Å². The van der Waals surface area contributed by atoms with Gasteiger partial charge in [0, 0.05) is 6.54 Å². The van der Waals surface area contributed by atoms with Gasteiger partial charge < -0.3 is 15.6 Å². The van der Waals surface area contributed by atoms with Gasteiger partial charge in [-0.2, -0.15) is 0 Å². The van der Waals surface area contributed by atoms with Crippen LogP contribution >= 0.6 is 0 Å². The molecular formula is C22H23N5O. The van der Waals surface area contributed by atoms with E-state index in [2.05, 4.69) is 12.2 Å². The number of para-hydroxylation sites is 2. The number of nitrogens with one attached hydrogen (secondary N) is 1. The van der Waals surface area contributed by atoms with Crippen LogP contribution < -0.4 is 11.1 Å². The molecule has 0 bridgehead atoms. The van der Waals surface area contributed by atoms with Crippen LogP contribution in [0.25, 0.3) is 22.2 Å². The predicted octanol–water partition coefficient (Wildman–Crippen LogP) is 3.74. The summed E-state index contributed by atoms with van der Waals surface area (Å²) < 4.78 is 1.87. The number of carbonyl (C=O) groups is 1. The van der Waals surface area contributed by atoms with E-state index < -0.39 is 0 Å². The van der Waals surface area contributed by atoms with Crippen LogP contribution in [0.15, 0.2) is 54.6 Å². The lowest BCUT2D eigenvalue weighted by Gasteiger charge is -2.08. The topological polar surface area (TPSA) is 85.8 Å². The molecule has 0 unspecified atom stereocenters. The Kier molecular flexibility index (Phi) is 4.93. The van der Waals surface area contributed by atoms with E-state index in [-0.39, 0.29) is 5.91 Å². The lowest BCUT2D eigenvalue weighted by atomic mass is 10.2. The van der Waals surface area contributed by atoms with Crippen LogP contribution in [0.3, 0.4) is 0 Å². The molecule has 0 fully saturated rings. The smallest absolute Gasteiger partial charge is 0.257 e. The van der Waals surface area contributed by atoms with Gasteiger partial charge in [-0.15, -0.1) is 0 Å². The number of benzene rings is 2. The molecule has 0 saturated heterocycles. The standard InChI is InChI=1S/C22H23N5O/c1-2-3-13-24-22(28)18-19-21(26-17-12-8-7-11-16(17)25-19)27(20(18)23)14-15-9-5-4-6-10-15/h4-12H,2-3,13-14,23H2,1H3,(H,24,28). The summed E-state index contributed by atoms with van der Waals surface area (Å²) in [5, 5.41) is 2.96. The van der Waals surface area contributed by atoms with Gasteiger partial charge in [0.15, 0.2) is 5.65 Å². The van der Waals surface area contributed by atoms with Gasteiger partial charge in [-0.3, -0.25) is 4.79 Å². The van der Waals surface area contributed by atoms with Crippen molar-refractivity contribution >= 4 is 33.9 Å². The first-order valence-corrected chi connectivity index (χ1v) is 9.55. The second kappa shape index (κ2) is 7.68. The molecule has 0 aliphatic carbocycles. The lowest BCUT2D eigenvalue weighted by Crippen LogP contribution is -2.25. The van der Waals surface area contributed by atoms with Crippen molar-refractivity contribution in [3.8, 4) is 0 Å². The van der Waals surface area contributed by atoms with Crippen LogP contribution in [0.5, 0.6) is 0 Å². The lowest BCUT2D eigenvalue weighted by molar-refractivity contribution is 0.0955. The zero-order chi connectivity index (χ0) is 19.5. The number of unbranched alkanes of at least 4 members (excludes halogenated alkanes) is 1. The maximum atomic E-state index is 12.9. The first-order chi connectivity index (χ1) is 13.7. The van der Waals surface area contributed by atoms with E-state index in [1.54, 1.807) is 0 Å². The Morgan fingerprint density at radius 1 is 1.04 bits per heavy atom. The number of aromatic nitrogens is 3. The van der Waals surface area contributed by atoms with Gasteiger partial charge in [-0.05, 0) is 24.1 Å². The molecule has 0 aliphatic heterocycles. The summed E-state index contributed by atoms with van der Waals surface area (Å²) in [6, 6.07) is 17.6. The summed E-state index contributed by atoms with van der Waals surface area (Å²) in [5.41, 5.74) is 10.6. The summed E-state index contributed by atoms with van der Waals surface area (Å²) in [7, 11) is 0. The summed E-state index contributed by atoms with van der Waals surface area (Å²) in [6.45, 7) is 3.23. The number of nitrogens with zero attached hydrogens (tertiary/aromatic N) is 3. The Morgan fingerprint density at radius 3 is 2.43 bits per heavy atom. The average Bonchev–Trinajstić information content (AvgIpc) is 2.98. The van der Waals surface area contributed by atoms with Crippen LogP contribution in [-0.2, 0) is 6.54 Å². The Hall–Kier alpha value is -3.41. The number of nitrogen functional groups attached to an aromatic ring is 1. The van der Waals surface area contributed by atoms with Gasteiger partial charge in [0.1, 0.15) is 16.9 Å². The normalized spacial score (nSPS) is 11.2. The van der Waals surface area contributed by atoms with Crippen molar-refractivity contribution in [2.24, 2.45) is 0 Å². The molecule has 6 nitrogen and oxygen atoms in total. The summed E-state index contributed by atoms with van der Waals surface area (Å²) in [6.07, 6.45) is 1.93. The molecule has 1 amide bonds. The molecule has 6 heteroatoms. The summed E-state index contributed by atoms with van der Waals surface area (Å²) >= 11 is 0. The average molecular weight is 373 g/mol. The number of hydrogen-bond acceptors (Lipinski definition) is 4. The van der Waals surface area contributed by atoms with Crippen LogP contribution in [0, 0.1) is 0 Å². The molecule has 0 atom stereocenters. The van der Waals surface area contributed by atoms with Gasteiger partial charge in [-0.1, -0.05) is 55.8 Å². The number of rotatable bonds is 6. The molecule has 2 aromatic carbocycles. The highest BCUT2D eigenvalue weighted by Gasteiger charge is 2.23. The van der Waals surface area contributed by atoms with Gasteiger partial charge >= 0.3 is 0 Å². The van der Waals surface area contributed by atoms with Crippen LogP contribution in [0.1, 0.15) is 35.7 Å². The van der Waals surface area contributed by atoms with Crippen molar-refractivity contribution in [1.82, 2.24) is 19.9 Å². The van der Waals surface area contributed by atoms with E-state index in [0.717, 1.165) is 29.4 Å². The highest BCUT2D eigenvalue weighted by Crippen LogP contribution is 2.28. The Morgan fingerprint density at radius 2 is 1.71 bits per heavy atom.